The summed E-state index contributed by atoms with van der Waals surface area (Å²) < 4.78 is 46.5. The molecule has 0 radical (unpaired) electrons. The van der Waals surface area contributed by atoms with Gasteiger partial charge in [0, 0.05) is 5.56 Å². The van der Waals surface area contributed by atoms with Gasteiger partial charge in [-0.1, -0.05) is 6.07 Å². The quantitative estimate of drug-likeness (QED) is 0.771. The zero-order valence-corrected chi connectivity index (χ0v) is 9.30. The van der Waals surface area contributed by atoms with Crippen LogP contribution in [-0.2, 0) is 22.1 Å². The lowest BCUT2D eigenvalue weighted by Crippen LogP contribution is -2.09. The normalized spacial score (nSPS) is 11.1. The van der Waals surface area contributed by atoms with Gasteiger partial charge < -0.3 is 9.47 Å². The Bertz CT molecular complexity index is 413. The molecule has 0 saturated carbocycles. The first-order valence-electron chi connectivity index (χ1n) is 4.69. The number of alkyl halides is 3. The number of rotatable bonds is 3. The van der Waals surface area contributed by atoms with Crippen LogP contribution in [0.5, 0.6) is 5.75 Å². The van der Waals surface area contributed by atoms with Crippen molar-refractivity contribution in [2.45, 2.75) is 12.6 Å². The Kier molecular flexibility index (Phi) is 3.98. The van der Waals surface area contributed by atoms with E-state index in [-0.39, 0.29) is 12.2 Å². The molecular weight excluding hydrogens is 237 g/mol. The molecule has 0 aliphatic heterocycles. The number of methoxy groups -OCH3 is 2. The minimum atomic E-state index is -4.43. The van der Waals surface area contributed by atoms with E-state index < -0.39 is 17.7 Å². The van der Waals surface area contributed by atoms with Crippen LogP contribution in [0.15, 0.2) is 18.2 Å². The number of hydrogen-bond donors (Lipinski definition) is 0. The van der Waals surface area contributed by atoms with Gasteiger partial charge >= 0.3 is 12.1 Å². The van der Waals surface area contributed by atoms with Crippen LogP contribution in [0.25, 0.3) is 0 Å². The highest BCUT2D eigenvalue weighted by molar-refractivity contribution is 5.73. The summed E-state index contributed by atoms with van der Waals surface area (Å²) in [6.45, 7) is 0. The molecule has 6 heteroatoms. The molecule has 17 heavy (non-hydrogen) atoms. The van der Waals surface area contributed by atoms with E-state index >= 15 is 0 Å². The van der Waals surface area contributed by atoms with Gasteiger partial charge in [-0.2, -0.15) is 13.2 Å². The summed E-state index contributed by atoms with van der Waals surface area (Å²) in [5, 5.41) is 0. The maximum atomic E-state index is 12.4. The number of carbonyl (C=O) groups excluding carboxylic acids is 1. The van der Waals surface area contributed by atoms with Gasteiger partial charge in [0.05, 0.1) is 26.2 Å². The predicted molar refractivity (Wildman–Crippen MR) is 53.7 cm³/mol. The Morgan fingerprint density at radius 2 is 1.94 bits per heavy atom. The molecule has 1 rings (SSSR count). The van der Waals surface area contributed by atoms with E-state index in [9.17, 15) is 18.0 Å². The summed E-state index contributed by atoms with van der Waals surface area (Å²) >= 11 is 0. The SMILES string of the molecule is COC(=O)Cc1ccc(C(F)(F)F)cc1OC. The minimum Gasteiger partial charge on any atom is -0.496 e. The molecule has 0 unspecified atom stereocenters. The van der Waals surface area contributed by atoms with Gasteiger partial charge in [-0.25, -0.2) is 0 Å². The van der Waals surface area contributed by atoms with E-state index in [0.29, 0.717) is 5.56 Å². The Labute approximate surface area is 96.1 Å². The van der Waals surface area contributed by atoms with Crippen molar-refractivity contribution in [3.8, 4) is 5.75 Å². The van der Waals surface area contributed by atoms with Crippen molar-refractivity contribution in [1.29, 1.82) is 0 Å². The van der Waals surface area contributed by atoms with Crippen molar-refractivity contribution in [3.63, 3.8) is 0 Å². The van der Waals surface area contributed by atoms with Gasteiger partial charge in [0.1, 0.15) is 5.75 Å². The number of halogens is 3. The lowest BCUT2D eigenvalue weighted by molar-refractivity contribution is -0.139. The van der Waals surface area contributed by atoms with Crippen molar-refractivity contribution in [3.05, 3.63) is 29.3 Å². The standard InChI is InChI=1S/C11H11F3O3/c1-16-9-6-8(11(12,13)14)4-3-7(9)5-10(15)17-2/h3-4,6H,5H2,1-2H3. The van der Waals surface area contributed by atoms with E-state index in [1.54, 1.807) is 0 Å². The fourth-order valence-electron chi connectivity index (χ4n) is 1.29. The van der Waals surface area contributed by atoms with Crippen LogP contribution in [0.2, 0.25) is 0 Å². The lowest BCUT2D eigenvalue weighted by atomic mass is 10.1. The molecule has 1 aromatic carbocycles. The molecule has 0 fully saturated rings. The lowest BCUT2D eigenvalue weighted by Gasteiger charge is -2.11. The Morgan fingerprint density at radius 1 is 1.29 bits per heavy atom. The second-order valence-corrected chi connectivity index (χ2v) is 3.28. The summed E-state index contributed by atoms with van der Waals surface area (Å²) in [4.78, 5) is 11.0. The van der Waals surface area contributed by atoms with E-state index in [4.69, 9.17) is 4.74 Å². The monoisotopic (exact) mass is 248 g/mol. The molecule has 1 aromatic rings. The number of esters is 1. The van der Waals surface area contributed by atoms with Crippen LogP contribution in [0.4, 0.5) is 13.2 Å². The van der Waals surface area contributed by atoms with Crippen molar-refractivity contribution in [1.82, 2.24) is 0 Å². The highest BCUT2D eigenvalue weighted by Crippen LogP contribution is 2.33. The summed E-state index contributed by atoms with van der Waals surface area (Å²) in [5.74, 6) is -0.520. The van der Waals surface area contributed by atoms with Gasteiger partial charge in [-0.3, -0.25) is 4.79 Å². The van der Waals surface area contributed by atoms with Crippen molar-refractivity contribution >= 4 is 5.97 Å². The maximum absolute atomic E-state index is 12.4. The van der Waals surface area contributed by atoms with Crippen LogP contribution in [0.1, 0.15) is 11.1 Å². The molecule has 0 atom stereocenters. The molecule has 0 aliphatic carbocycles. The third-order valence-corrected chi connectivity index (χ3v) is 2.18. The summed E-state index contributed by atoms with van der Waals surface area (Å²) in [6.07, 6.45) is -4.56. The topological polar surface area (TPSA) is 35.5 Å². The molecule has 0 aliphatic rings. The van der Waals surface area contributed by atoms with Crippen molar-refractivity contribution in [2.24, 2.45) is 0 Å². The molecular formula is C11H11F3O3. The molecule has 3 nitrogen and oxygen atoms in total. The Hall–Kier alpha value is -1.72. The minimum absolute atomic E-state index is 0.0187. The van der Waals surface area contributed by atoms with Crippen LogP contribution in [0, 0.1) is 0 Å². The van der Waals surface area contributed by atoms with Crippen molar-refractivity contribution < 1.29 is 27.4 Å². The summed E-state index contributed by atoms with van der Waals surface area (Å²) in [7, 11) is 2.45. The van der Waals surface area contributed by atoms with Gasteiger partial charge in [-0.15, -0.1) is 0 Å². The largest absolute Gasteiger partial charge is 0.496 e. The van der Waals surface area contributed by atoms with E-state index in [1.165, 1.54) is 20.3 Å². The van der Waals surface area contributed by atoms with Crippen LogP contribution in [-0.4, -0.2) is 20.2 Å². The Balaban J connectivity index is 3.06. The van der Waals surface area contributed by atoms with E-state index in [2.05, 4.69) is 4.74 Å². The number of hydrogen-bond acceptors (Lipinski definition) is 3. The first-order chi connectivity index (χ1) is 7.88. The first-order valence-corrected chi connectivity index (χ1v) is 4.69. The molecule has 0 spiro atoms. The Morgan fingerprint density at radius 3 is 2.41 bits per heavy atom. The second-order valence-electron chi connectivity index (χ2n) is 3.28. The molecule has 0 aromatic heterocycles. The smallest absolute Gasteiger partial charge is 0.416 e. The highest BCUT2D eigenvalue weighted by Gasteiger charge is 2.31. The number of benzene rings is 1. The molecule has 0 N–H and O–H groups in total. The summed E-state index contributed by atoms with van der Waals surface area (Å²) in [5.41, 5.74) is -0.463. The molecule has 0 saturated heterocycles. The van der Waals surface area contributed by atoms with E-state index in [0.717, 1.165) is 12.1 Å². The fourth-order valence-corrected chi connectivity index (χ4v) is 1.29. The molecule has 94 valence electrons. The van der Waals surface area contributed by atoms with Crippen LogP contribution in [0.3, 0.4) is 0 Å². The molecule has 0 bridgehead atoms. The number of carbonyl (C=O) groups is 1. The highest BCUT2D eigenvalue weighted by atomic mass is 19.4. The predicted octanol–water partition coefficient (Wildman–Crippen LogP) is 2.43. The fraction of sp³-hybridized carbons (Fsp3) is 0.364. The van der Waals surface area contributed by atoms with Gasteiger partial charge in [0.2, 0.25) is 0 Å². The van der Waals surface area contributed by atoms with Gasteiger partial charge in [0.15, 0.2) is 0 Å². The average molecular weight is 248 g/mol. The summed E-state index contributed by atoms with van der Waals surface area (Å²) in [6, 6.07) is 2.97. The first kappa shape index (κ1) is 13.3. The van der Waals surface area contributed by atoms with Crippen LogP contribution >= 0.6 is 0 Å². The molecule has 0 heterocycles. The maximum Gasteiger partial charge on any atom is 0.416 e. The third-order valence-electron chi connectivity index (χ3n) is 2.18. The zero-order chi connectivity index (χ0) is 13.1. The molecule has 0 amide bonds. The zero-order valence-electron chi connectivity index (χ0n) is 9.30. The number of ether oxygens (including phenoxy) is 2. The third kappa shape index (κ3) is 3.37. The second kappa shape index (κ2) is 5.07. The van der Waals surface area contributed by atoms with Crippen molar-refractivity contribution in [2.75, 3.05) is 14.2 Å². The van der Waals surface area contributed by atoms with Gasteiger partial charge in [-0.05, 0) is 12.1 Å². The average Bonchev–Trinajstić information content (AvgIpc) is 2.27. The van der Waals surface area contributed by atoms with Crippen LogP contribution < -0.4 is 4.74 Å². The van der Waals surface area contributed by atoms with Gasteiger partial charge in [0.25, 0.3) is 0 Å². The van der Waals surface area contributed by atoms with E-state index in [1.807, 2.05) is 0 Å².